The predicted molar refractivity (Wildman–Crippen MR) is 50.0 cm³/mol. The SMILES string of the molecule is COc1cc(N=O)c(OC)cc1Cl. The summed E-state index contributed by atoms with van der Waals surface area (Å²) in [5, 5.41) is 3.16. The molecule has 1 aromatic carbocycles. The van der Waals surface area contributed by atoms with Gasteiger partial charge < -0.3 is 9.47 Å². The van der Waals surface area contributed by atoms with E-state index in [0.29, 0.717) is 16.5 Å². The number of hydrogen-bond donors (Lipinski definition) is 0. The fourth-order valence-corrected chi connectivity index (χ4v) is 1.15. The molecule has 0 amide bonds. The molecule has 0 aromatic heterocycles. The molecule has 0 spiro atoms. The van der Waals surface area contributed by atoms with Crippen molar-refractivity contribution in [3.8, 4) is 11.5 Å². The molecule has 0 aliphatic heterocycles. The molecular formula is C8H8ClNO3. The van der Waals surface area contributed by atoms with Gasteiger partial charge in [-0.3, -0.25) is 0 Å². The molecule has 1 aromatic rings. The first kappa shape index (κ1) is 9.80. The van der Waals surface area contributed by atoms with Crippen LogP contribution in [0, 0.1) is 4.91 Å². The number of nitrogens with zero attached hydrogens (tertiary/aromatic N) is 1. The topological polar surface area (TPSA) is 47.9 Å². The number of halogens is 1. The molecule has 0 N–H and O–H groups in total. The van der Waals surface area contributed by atoms with Crippen molar-refractivity contribution in [3.05, 3.63) is 22.1 Å². The molecule has 0 heterocycles. The molecular weight excluding hydrogens is 194 g/mol. The number of ether oxygens (including phenoxy) is 2. The summed E-state index contributed by atoms with van der Waals surface area (Å²) >= 11 is 5.79. The average Bonchev–Trinajstić information content (AvgIpc) is 2.17. The van der Waals surface area contributed by atoms with Crippen LogP contribution in [0.25, 0.3) is 0 Å². The molecule has 0 radical (unpaired) electrons. The average molecular weight is 202 g/mol. The molecule has 1 rings (SSSR count). The molecule has 0 saturated heterocycles. The number of nitroso groups, excluding NO2 is 1. The molecule has 0 bridgehead atoms. The van der Waals surface area contributed by atoms with Crippen molar-refractivity contribution in [2.75, 3.05) is 14.2 Å². The van der Waals surface area contributed by atoms with E-state index >= 15 is 0 Å². The number of benzene rings is 1. The van der Waals surface area contributed by atoms with E-state index in [0.717, 1.165) is 0 Å². The third-order valence-electron chi connectivity index (χ3n) is 1.55. The van der Waals surface area contributed by atoms with Gasteiger partial charge in [-0.25, -0.2) is 0 Å². The minimum Gasteiger partial charge on any atom is -0.495 e. The number of rotatable bonds is 3. The Morgan fingerprint density at radius 3 is 2.31 bits per heavy atom. The summed E-state index contributed by atoms with van der Waals surface area (Å²) < 4.78 is 9.78. The van der Waals surface area contributed by atoms with E-state index in [2.05, 4.69) is 5.18 Å². The number of methoxy groups -OCH3 is 2. The molecule has 13 heavy (non-hydrogen) atoms. The van der Waals surface area contributed by atoms with Crippen LogP contribution in [0.3, 0.4) is 0 Å². The summed E-state index contributed by atoms with van der Waals surface area (Å²) in [5.41, 5.74) is 0.170. The van der Waals surface area contributed by atoms with Gasteiger partial charge in [-0.2, -0.15) is 0 Å². The molecule has 0 fully saturated rings. The Kier molecular flexibility index (Phi) is 3.08. The first-order valence-corrected chi connectivity index (χ1v) is 3.85. The van der Waals surface area contributed by atoms with Crippen LogP contribution < -0.4 is 9.47 Å². The standard InChI is InChI=1S/C8H8ClNO3/c1-12-7-4-6(10-11)8(13-2)3-5(7)9/h3-4H,1-2H3. The van der Waals surface area contributed by atoms with E-state index in [1.165, 1.54) is 26.4 Å². The van der Waals surface area contributed by atoms with E-state index < -0.39 is 0 Å². The normalized spacial score (nSPS) is 9.46. The maximum absolute atomic E-state index is 10.3. The fourth-order valence-electron chi connectivity index (χ4n) is 0.916. The van der Waals surface area contributed by atoms with Crippen LogP contribution in [-0.2, 0) is 0 Å². The van der Waals surface area contributed by atoms with E-state index in [9.17, 15) is 4.91 Å². The summed E-state index contributed by atoms with van der Waals surface area (Å²) in [6, 6.07) is 2.91. The van der Waals surface area contributed by atoms with Gasteiger partial charge >= 0.3 is 0 Å². The third-order valence-corrected chi connectivity index (χ3v) is 1.85. The second-order valence-electron chi connectivity index (χ2n) is 2.25. The highest BCUT2D eigenvalue weighted by Gasteiger charge is 2.09. The van der Waals surface area contributed by atoms with E-state index in [1.807, 2.05) is 0 Å². The van der Waals surface area contributed by atoms with Crippen molar-refractivity contribution in [2.24, 2.45) is 5.18 Å². The minimum absolute atomic E-state index is 0.170. The first-order valence-electron chi connectivity index (χ1n) is 3.47. The maximum Gasteiger partial charge on any atom is 0.153 e. The van der Waals surface area contributed by atoms with Gasteiger partial charge in [-0.1, -0.05) is 11.6 Å². The minimum atomic E-state index is 0.170. The van der Waals surface area contributed by atoms with Gasteiger partial charge in [-0.05, 0) is 5.18 Å². The van der Waals surface area contributed by atoms with Gasteiger partial charge in [0.2, 0.25) is 0 Å². The van der Waals surface area contributed by atoms with Crippen molar-refractivity contribution in [1.82, 2.24) is 0 Å². The second kappa shape index (κ2) is 4.09. The highest BCUT2D eigenvalue weighted by molar-refractivity contribution is 6.32. The Bertz CT molecular complexity index is 327. The van der Waals surface area contributed by atoms with E-state index in [-0.39, 0.29) is 5.69 Å². The van der Waals surface area contributed by atoms with Gasteiger partial charge in [0.25, 0.3) is 0 Å². The Morgan fingerprint density at radius 2 is 1.85 bits per heavy atom. The van der Waals surface area contributed by atoms with Gasteiger partial charge in [0, 0.05) is 12.1 Å². The van der Waals surface area contributed by atoms with Crippen molar-refractivity contribution in [2.45, 2.75) is 0 Å². The zero-order valence-electron chi connectivity index (χ0n) is 7.20. The molecule has 0 unspecified atom stereocenters. The highest BCUT2D eigenvalue weighted by atomic mass is 35.5. The largest absolute Gasteiger partial charge is 0.495 e. The van der Waals surface area contributed by atoms with Crippen LogP contribution in [0.1, 0.15) is 0 Å². The lowest BCUT2D eigenvalue weighted by Gasteiger charge is -2.06. The highest BCUT2D eigenvalue weighted by Crippen LogP contribution is 2.37. The molecule has 0 saturated carbocycles. The Morgan fingerprint density at radius 1 is 1.23 bits per heavy atom. The second-order valence-corrected chi connectivity index (χ2v) is 2.66. The molecule has 0 aliphatic rings. The Balaban J connectivity index is 3.26. The van der Waals surface area contributed by atoms with Crippen LogP contribution >= 0.6 is 11.6 Å². The van der Waals surface area contributed by atoms with Crippen molar-refractivity contribution in [1.29, 1.82) is 0 Å². The van der Waals surface area contributed by atoms with Crippen LogP contribution in [0.2, 0.25) is 5.02 Å². The summed E-state index contributed by atoms with van der Waals surface area (Å²) in [4.78, 5) is 10.3. The zero-order valence-corrected chi connectivity index (χ0v) is 7.96. The van der Waals surface area contributed by atoms with Gasteiger partial charge in [0.05, 0.1) is 19.2 Å². The van der Waals surface area contributed by atoms with Crippen LogP contribution in [0.15, 0.2) is 17.3 Å². The van der Waals surface area contributed by atoms with E-state index in [4.69, 9.17) is 21.1 Å². The quantitative estimate of drug-likeness (QED) is 0.707. The van der Waals surface area contributed by atoms with Crippen molar-refractivity contribution in [3.63, 3.8) is 0 Å². The lowest BCUT2D eigenvalue weighted by molar-refractivity contribution is 0.404. The summed E-state index contributed by atoms with van der Waals surface area (Å²) in [5.74, 6) is 0.734. The smallest absolute Gasteiger partial charge is 0.153 e. The summed E-state index contributed by atoms with van der Waals surface area (Å²) in [6.45, 7) is 0. The number of hydrogen-bond acceptors (Lipinski definition) is 4. The zero-order chi connectivity index (χ0) is 9.84. The Hall–Kier alpha value is -1.29. The summed E-state index contributed by atoms with van der Waals surface area (Å²) in [6.07, 6.45) is 0. The molecule has 70 valence electrons. The van der Waals surface area contributed by atoms with Crippen LogP contribution in [0.4, 0.5) is 5.69 Å². The maximum atomic E-state index is 10.3. The lowest BCUT2D eigenvalue weighted by Crippen LogP contribution is -1.87. The predicted octanol–water partition coefficient (Wildman–Crippen LogP) is 2.76. The van der Waals surface area contributed by atoms with Crippen LogP contribution in [0.5, 0.6) is 11.5 Å². The molecule has 5 heteroatoms. The fraction of sp³-hybridized carbons (Fsp3) is 0.250. The summed E-state index contributed by atoms with van der Waals surface area (Å²) in [7, 11) is 2.90. The van der Waals surface area contributed by atoms with Crippen molar-refractivity contribution < 1.29 is 9.47 Å². The van der Waals surface area contributed by atoms with Gasteiger partial charge in [0.1, 0.15) is 11.5 Å². The van der Waals surface area contributed by atoms with Crippen LogP contribution in [-0.4, -0.2) is 14.2 Å². The Labute approximate surface area is 80.4 Å². The van der Waals surface area contributed by atoms with Crippen molar-refractivity contribution >= 4 is 17.3 Å². The first-order chi connectivity index (χ1) is 6.22. The monoisotopic (exact) mass is 201 g/mol. The molecule has 0 atom stereocenters. The lowest BCUT2D eigenvalue weighted by atomic mass is 10.3. The van der Waals surface area contributed by atoms with Gasteiger partial charge in [-0.15, -0.1) is 4.91 Å². The third kappa shape index (κ3) is 1.89. The van der Waals surface area contributed by atoms with E-state index in [1.54, 1.807) is 0 Å². The molecule has 4 nitrogen and oxygen atoms in total. The molecule has 0 aliphatic carbocycles. The van der Waals surface area contributed by atoms with Gasteiger partial charge in [0.15, 0.2) is 5.69 Å².